The normalized spacial score (nSPS) is 16.9. The molecule has 2 N–H and O–H groups in total. The molecule has 0 bridgehead atoms. The van der Waals surface area contributed by atoms with Crippen LogP contribution in [0, 0.1) is 0 Å². The van der Waals surface area contributed by atoms with Gasteiger partial charge in [-0.3, -0.25) is 4.90 Å². The molecule has 1 aromatic carbocycles. The van der Waals surface area contributed by atoms with Gasteiger partial charge >= 0.3 is 0 Å². The molecule has 7 heteroatoms. The van der Waals surface area contributed by atoms with Gasteiger partial charge in [-0.15, -0.1) is 0 Å². The molecule has 1 atom stereocenters. The molecule has 1 fully saturated rings. The molecule has 27 heavy (non-hydrogen) atoms. The summed E-state index contributed by atoms with van der Waals surface area (Å²) in [7, 11) is 0. The van der Waals surface area contributed by atoms with Gasteiger partial charge in [-0.05, 0) is 26.0 Å². The van der Waals surface area contributed by atoms with Crippen LogP contribution in [-0.4, -0.2) is 66.1 Å². The summed E-state index contributed by atoms with van der Waals surface area (Å²) in [6, 6.07) is 10.6. The van der Waals surface area contributed by atoms with Crippen molar-refractivity contribution in [1.82, 2.24) is 25.3 Å². The predicted molar refractivity (Wildman–Crippen MR) is 108 cm³/mol. The molecular formula is C20H30N6O. The number of para-hydroxylation sites is 1. The quantitative estimate of drug-likeness (QED) is 0.573. The van der Waals surface area contributed by atoms with Gasteiger partial charge in [0, 0.05) is 44.0 Å². The third-order valence-electron chi connectivity index (χ3n) is 4.65. The zero-order valence-electron chi connectivity index (χ0n) is 16.3. The minimum absolute atomic E-state index is 0.443. The summed E-state index contributed by atoms with van der Waals surface area (Å²) in [4.78, 5) is 7.15. The van der Waals surface area contributed by atoms with E-state index in [9.17, 15) is 0 Å². The maximum absolute atomic E-state index is 5.43. The van der Waals surface area contributed by atoms with E-state index >= 15 is 0 Å². The lowest BCUT2D eigenvalue weighted by atomic mass is 10.2. The molecule has 0 aliphatic carbocycles. The number of morpholine rings is 1. The molecule has 1 aromatic heterocycles. The van der Waals surface area contributed by atoms with Crippen molar-refractivity contribution in [3.05, 3.63) is 48.3 Å². The molecule has 0 amide bonds. The van der Waals surface area contributed by atoms with Crippen molar-refractivity contribution in [3.8, 4) is 5.69 Å². The molecule has 1 saturated heterocycles. The van der Waals surface area contributed by atoms with E-state index in [0.717, 1.165) is 56.6 Å². The lowest BCUT2D eigenvalue weighted by Crippen LogP contribution is -2.49. The van der Waals surface area contributed by atoms with Gasteiger partial charge in [0.25, 0.3) is 0 Å². The highest BCUT2D eigenvalue weighted by molar-refractivity contribution is 5.79. The maximum atomic E-state index is 5.43. The number of nitrogens with zero attached hydrogens (tertiary/aromatic N) is 4. The standard InChI is InChI=1S/C20H30N6O/c1-3-21-20(22-13-17(2)25-9-11-27-12-10-25)23-14-18-15-24-26(16-18)19-7-5-4-6-8-19/h4-8,15-17H,3,9-14H2,1-2H3,(H2,21,22,23). The number of nitrogens with one attached hydrogen (secondary N) is 2. The van der Waals surface area contributed by atoms with Gasteiger partial charge in [0.15, 0.2) is 5.96 Å². The van der Waals surface area contributed by atoms with Crippen LogP contribution in [0.15, 0.2) is 47.7 Å². The molecule has 0 radical (unpaired) electrons. The van der Waals surface area contributed by atoms with E-state index in [-0.39, 0.29) is 0 Å². The number of hydrogen-bond acceptors (Lipinski definition) is 4. The molecule has 2 aromatic rings. The molecule has 7 nitrogen and oxygen atoms in total. The molecular weight excluding hydrogens is 340 g/mol. The van der Waals surface area contributed by atoms with Crippen LogP contribution in [-0.2, 0) is 11.3 Å². The Labute approximate surface area is 161 Å². The van der Waals surface area contributed by atoms with Crippen LogP contribution in [0.4, 0.5) is 0 Å². The topological polar surface area (TPSA) is 66.7 Å². The Morgan fingerprint density at radius 3 is 2.74 bits per heavy atom. The summed E-state index contributed by atoms with van der Waals surface area (Å²) in [6.45, 7) is 10.2. The van der Waals surface area contributed by atoms with Crippen LogP contribution < -0.4 is 10.6 Å². The molecule has 3 rings (SSSR count). The summed E-state index contributed by atoms with van der Waals surface area (Å²) < 4.78 is 7.31. The Morgan fingerprint density at radius 2 is 2.00 bits per heavy atom. The van der Waals surface area contributed by atoms with E-state index in [0.29, 0.717) is 12.6 Å². The first-order valence-electron chi connectivity index (χ1n) is 9.69. The van der Waals surface area contributed by atoms with Crippen LogP contribution >= 0.6 is 0 Å². The number of aliphatic imine (C=N–C) groups is 1. The SMILES string of the molecule is CCNC(=NCc1cnn(-c2ccccc2)c1)NCC(C)N1CCOCC1. The zero-order valence-corrected chi connectivity index (χ0v) is 16.3. The van der Waals surface area contributed by atoms with Crippen molar-refractivity contribution >= 4 is 5.96 Å². The first-order chi connectivity index (χ1) is 13.3. The highest BCUT2D eigenvalue weighted by Crippen LogP contribution is 2.08. The van der Waals surface area contributed by atoms with Gasteiger partial charge in [-0.25, -0.2) is 9.67 Å². The van der Waals surface area contributed by atoms with Gasteiger partial charge in [0.2, 0.25) is 0 Å². The van der Waals surface area contributed by atoms with Crippen molar-refractivity contribution < 1.29 is 4.74 Å². The van der Waals surface area contributed by atoms with Crippen molar-refractivity contribution in [2.75, 3.05) is 39.4 Å². The Morgan fingerprint density at radius 1 is 1.22 bits per heavy atom. The maximum Gasteiger partial charge on any atom is 0.191 e. The minimum atomic E-state index is 0.443. The van der Waals surface area contributed by atoms with E-state index in [2.05, 4.69) is 34.5 Å². The van der Waals surface area contributed by atoms with Crippen molar-refractivity contribution in [2.24, 2.45) is 4.99 Å². The highest BCUT2D eigenvalue weighted by atomic mass is 16.5. The van der Waals surface area contributed by atoms with E-state index < -0.39 is 0 Å². The van der Waals surface area contributed by atoms with Crippen LogP contribution in [0.1, 0.15) is 19.4 Å². The van der Waals surface area contributed by atoms with Crippen molar-refractivity contribution in [3.63, 3.8) is 0 Å². The zero-order chi connectivity index (χ0) is 18.9. The smallest absolute Gasteiger partial charge is 0.191 e. The van der Waals surface area contributed by atoms with E-state index in [1.807, 2.05) is 47.4 Å². The van der Waals surface area contributed by atoms with Crippen LogP contribution in [0.25, 0.3) is 5.69 Å². The number of benzene rings is 1. The Balaban J connectivity index is 1.54. The Bertz CT molecular complexity index is 708. The second-order valence-electron chi connectivity index (χ2n) is 6.70. The number of guanidine groups is 1. The Hall–Kier alpha value is -2.38. The first-order valence-corrected chi connectivity index (χ1v) is 9.69. The average molecular weight is 371 g/mol. The summed E-state index contributed by atoms with van der Waals surface area (Å²) in [5.74, 6) is 0.838. The van der Waals surface area contributed by atoms with E-state index in [4.69, 9.17) is 9.73 Å². The van der Waals surface area contributed by atoms with Crippen LogP contribution in [0.5, 0.6) is 0 Å². The van der Waals surface area contributed by atoms with Gasteiger partial charge < -0.3 is 15.4 Å². The van der Waals surface area contributed by atoms with Crippen LogP contribution in [0.2, 0.25) is 0 Å². The third kappa shape index (κ3) is 5.80. The van der Waals surface area contributed by atoms with Gasteiger partial charge in [0.1, 0.15) is 0 Å². The van der Waals surface area contributed by atoms with Crippen molar-refractivity contribution in [2.45, 2.75) is 26.4 Å². The molecule has 0 saturated carbocycles. The van der Waals surface area contributed by atoms with Gasteiger partial charge in [-0.1, -0.05) is 18.2 Å². The fourth-order valence-electron chi connectivity index (χ4n) is 3.07. The number of ether oxygens (including phenoxy) is 1. The van der Waals surface area contributed by atoms with E-state index in [1.165, 1.54) is 0 Å². The molecule has 2 heterocycles. The fraction of sp³-hybridized carbons (Fsp3) is 0.500. The minimum Gasteiger partial charge on any atom is -0.379 e. The number of aromatic nitrogens is 2. The molecule has 1 unspecified atom stereocenters. The van der Waals surface area contributed by atoms with E-state index in [1.54, 1.807) is 0 Å². The Kier molecular flexibility index (Phi) is 7.24. The van der Waals surface area contributed by atoms with Crippen molar-refractivity contribution in [1.29, 1.82) is 0 Å². The fourth-order valence-corrected chi connectivity index (χ4v) is 3.07. The summed E-state index contributed by atoms with van der Waals surface area (Å²) in [6.07, 6.45) is 3.90. The summed E-state index contributed by atoms with van der Waals surface area (Å²) >= 11 is 0. The predicted octanol–water partition coefficient (Wildman–Crippen LogP) is 1.65. The molecule has 1 aliphatic heterocycles. The third-order valence-corrected chi connectivity index (χ3v) is 4.65. The number of rotatable bonds is 7. The largest absolute Gasteiger partial charge is 0.379 e. The lowest BCUT2D eigenvalue weighted by Gasteiger charge is -2.32. The summed E-state index contributed by atoms with van der Waals surface area (Å²) in [5, 5.41) is 11.2. The van der Waals surface area contributed by atoms with Gasteiger partial charge in [0.05, 0.1) is 31.6 Å². The average Bonchev–Trinajstić information content (AvgIpc) is 3.20. The molecule has 1 aliphatic rings. The monoisotopic (exact) mass is 370 g/mol. The molecule has 0 spiro atoms. The molecule has 146 valence electrons. The number of hydrogen-bond donors (Lipinski definition) is 2. The highest BCUT2D eigenvalue weighted by Gasteiger charge is 2.17. The summed E-state index contributed by atoms with van der Waals surface area (Å²) in [5.41, 5.74) is 2.13. The van der Waals surface area contributed by atoms with Crippen LogP contribution in [0.3, 0.4) is 0 Å². The first kappa shape index (κ1) is 19.4. The lowest BCUT2D eigenvalue weighted by molar-refractivity contribution is 0.0211. The second kappa shape index (κ2) is 10.1. The second-order valence-corrected chi connectivity index (χ2v) is 6.70. The van der Waals surface area contributed by atoms with Gasteiger partial charge in [-0.2, -0.15) is 5.10 Å².